The molecule has 0 aromatic carbocycles. The molecule has 0 radical (unpaired) electrons. The summed E-state index contributed by atoms with van der Waals surface area (Å²) in [5, 5.41) is 10.6. The Labute approximate surface area is 73.6 Å². The first-order chi connectivity index (χ1) is 5.64. The molecule has 1 fully saturated rings. The molecule has 2 heterocycles. The molecule has 1 aliphatic heterocycles. The van der Waals surface area contributed by atoms with Crippen LogP contribution in [0.1, 0.15) is 11.8 Å². The minimum absolute atomic E-state index is 0.569. The van der Waals surface area contributed by atoms with Gasteiger partial charge in [0.05, 0.1) is 0 Å². The summed E-state index contributed by atoms with van der Waals surface area (Å²) in [5.41, 5.74) is -0.569. The van der Waals surface area contributed by atoms with Crippen LogP contribution in [0.3, 0.4) is 0 Å². The van der Waals surface area contributed by atoms with Gasteiger partial charge in [-0.1, -0.05) is 6.07 Å². The number of hydrogen-bond donors (Lipinski definition) is 1. The summed E-state index contributed by atoms with van der Waals surface area (Å²) in [6.45, 7) is 1.80. The molecule has 1 aromatic heterocycles. The van der Waals surface area contributed by atoms with Gasteiger partial charge in [-0.25, -0.2) is 4.79 Å². The standard InChI is InChI=1S/C8H8O3S/c1-8(5-3-2-4-12-5)6(11-8)7(9)10/h2-4,6H,1H3,(H,9,10). The first kappa shape index (κ1) is 7.76. The minimum atomic E-state index is -0.883. The first-order valence-corrected chi connectivity index (χ1v) is 4.47. The Balaban J connectivity index is 2.23. The Kier molecular flexibility index (Phi) is 1.49. The van der Waals surface area contributed by atoms with Crippen LogP contribution in [0.2, 0.25) is 0 Å². The van der Waals surface area contributed by atoms with E-state index in [-0.39, 0.29) is 0 Å². The average Bonchev–Trinajstić information content (AvgIpc) is 2.52. The third kappa shape index (κ3) is 0.956. The molecule has 0 aliphatic carbocycles. The maximum absolute atomic E-state index is 10.6. The lowest BCUT2D eigenvalue weighted by molar-refractivity contribution is -0.138. The molecule has 2 atom stereocenters. The van der Waals surface area contributed by atoms with Gasteiger partial charge in [0.2, 0.25) is 0 Å². The molecule has 2 unspecified atom stereocenters. The summed E-state index contributed by atoms with van der Waals surface area (Å²) in [5.74, 6) is -0.883. The van der Waals surface area contributed by atoms with Gasteiger partial charge in [0.25, 0.3) is 0 Å². The van der Waals surface area contributed by atoms with Crippen molar-refractivity contribution in [2.24, 2.45) is 0 Å². The van der Waals surface area contributed by atoms with Crippen LogP contribution in [0.5, 0.6) is 0 Å². The number of thiophene rings is 1. The molecule has 64 valence electrons. The highest BCUT2D eigenvalue weighted by molar-refractivity contribution is 7.10. The molecule has 0 saturated carbocycles. The Morgan fingerprint density at radius 3 is 3.00 bits per heavy atom. The highest BCUT2D eigenvalue weighted by Crippen LogP contribution is 2.47. The SMILES string of the molecule is CC1(c2cccs2)OC1C(=O)O. The third-order valence-corrected chi connectivity index (χ3v) is 3.13. The number of aliphatic carboxylic acids is 1. The van der Waals surface area contributed by atoms with Crippen LogP contribution in [0, 0.1) is 0 Å². The van der Waals surface area contributed by atoms with E-state index in [0.29, 0.717) is 0 Å². The molecule has 12 heavy (non-hydrogen) atoms. The van der Waals surface area contributed by atoms with Gasteiger partial charge in [-0.2, -0.15) is 0 Å². The number of rotatable bonds is 2. The van der Waals surface area contributed by atoms with E-state index in [0.717, 1.165) is 4.88 Å². The second-order valence-electron chi connectivity index (χ2n) is 2.92. The maximum Gasteiger partial charge on any atom is 0.336 e. The molecule has 0 bridgehead atoms. The Bertz CT molecular complexity index is 306. The lowest BCUT2D eigenvalue weighted by Gasteiger charge is -1.99. The molecule has 0 amide bonds. The fourth-order valence-corrected chi connectivity index (χ4v) is 2.10. The molecule has 3 nitrogen and oxygen atoms in total. The quantitative estimate of drug-likeness (QED) is 0.707. The predicted octanol–water partition coefficient (Wildman–Crippen LogP) is 1.45. The summed E-state index contributed by atoms with van der Waals surface area (Å²) in [6.07, 6.45) is -0.656. The molecule has 0 spiro atoms. The summed E-state index contributed by atoms with van der Waals surface area (Å²) in [6, 6.07) is 3.79. The van der Waals surface area contributed by atoms with Gasteiger partial charge >= 0.3 is 5.97 Å². The highest BCUT2D eigenvalue weighted by Gasteiger charge is 2.59. The summed E-state index contributed by atoms with van der Waals surface area (Å²) >= 11 is 1.53. The zero-order valence-corrected chi connectivity index (χ0v) is 7.30. The molecular weight excluding hydrogens is 176 g/mol. The zero-order valence-electron chi connectivity index (χ0n) is 6.48. The van der Waals surface area contributed by atoms with Crippen LogP contribution in [-0.4, -0.2) is 17.2 Å². The van der Waals surface area contributed by atoms with Gasteiger partial charge in [-0.05, 0) is 18.4 Å². The van der Waals surface area contributed by atoms with E-state index >= 15 is 0 Å². The molecule has 1 N–H and O–H groups in total. The van der Waals surface area contributed by atoms with Crippen molar-refractivity contribution in [3.8, 4) is 0 Å². The topological polar surface area (TPSA) is 49.8 Å². The van der Waals surface area contributed by atoms with Crippen molar-refractivity contribution in [2.45, 2.75) is 18.6 Å². The molecule has 1 aliphatic rings. The van der Waals surface area contributed by atoms with E-state index in [2.05, 4.69) is 0 Å². The van der Waals surface area contributed by atoms with Crippen LogP contribution in [0.25, 0.3) is 0 Å². The van der Waals surface area contributed by atoms with Crippen molar-refractivity contribution in [2.75, 3.05) is 0 Å². The third-order valence-electron chi connectivity index (χ3n) is 2.04. The first-order valence-electron chi connectivity index (χ1n) is 3.59. The molecular formula is C8H8O3S. The van der Waals surface area contributed by atoms with E-state index in [1.807, 2.05) is 17.5 Å². The van der Waals surface area contributed by atoms with Gasteiger partial charge in [0.15, 0.2) is 6.10 Å². The normalized spacial score (nSPS) is 33.2. The molecule has 2 rings (SSSR count). The maximum atomic E-state index is 10.6. The van der Waals surface area contributed by atoms with Gasteiger partial charge in [0.1, 0.15) is 5.60 Å². The minimum Gasteiger partial charge on any atom is -0.479 e. The van der Waals surface area contributed by atoms with Gasteiger partial charge in [-0.3, -0.25) is 0 Å². The number of carbonyl (C=O) groups is 1. The van der Waals surface area contributed by atoms with Gasteiger partial charge in [0, 0.05) is 4.88 Å². The second kappa shape index (κ2) is 2.31. The van der Waals surface area contributed by atoms with Crippen molar-refractivity contribution in [3.05, 3.63) is 22.4 Å². The van der Waals surface area contributed by atoms with E-state index < -0.39 is 17.7 Å². The van der Waals surface area contributed by atoms with Gasteiger partial charge < -0.3 is 9.84 Å². The van der Waals surface area contributed by atoms with Gasteiger partial charge in [-0.15, -0.1) is 11.3 Å². The molecule has 4 heteroatoms. The number of hydrogen-bond acceptors (Lipinski definition) is 3. The van der Waals surface area contributed by atoms with E-state index in [9.17, 15) is 4.79 Å². The predicted molar refractivity (Wildman–Crippen MR) is 44.2 cm³/mol. The largest absolute Gasteiger partial charge is 0.479 e. The summed E-state index contributed by atoms with van der Waals surface area (Å²) < 4.78 is 5.12. The molecule has 1 aromatic rings. The molecule has 1 saturated heterocycles. The van der Waals surface area contributed by atoms with Crippen LogP contribution in [-0.2, 0) is 15.1 Å². The zero-order chi connectivity index (χ0) is 8.77. The fourth-order valence-electron chi connectivity index (χ4n) is 1.25. The Hall–Kier alpha value is -0.870. The van der Waals surface area contributed by atoms with E-state index in [1.165, 1.54) is 11.3 Å². The number of epoxide rings is 1. The summed E-state index contributed by atoms with van der Waals surface area (Å²) in [7, 11) is 0. The average molecular weight is 184 g/mol. The van der Waals surface area contributed by atoms with E-state index in [1.54, 1.807) is 6.92 Å². The lowest BCUT2D eigenvalue weighted by atomic mass is 10.1. The Morgan fingerprint density at radius 1 is 1.83 bits per heavy atom. The lowest BCUT2D eigenvalue weighted by Crippen LogP contribution is -2.13. The fraction of sp³-hybridized carbons (Fsp3) is 0.375. The smallest absolute Gasteiger partial charge is 0.336 e. The second-order valence-corrected chi connectivity index (χ2v) is 3.87. The van der Waals surface area contributed by atoms with E-state index in [4.69, 9.17) is 9.84 Å². The highest BCUT2D eigenvalue weighted by atomic mass is 32.1. The number of ether oxygens (including phenoxy) is 1. The van der Waals surface area contributed by atoms with Crippen LogP contribution in [0.4, 0.5) is 0 Å². The number of carboxylic acid groups (broad SMARTS) is 1. The van der Waals surface area contributed by atoms with Crippen molar-refractivity contribution >= 4 is 17.3 Å². The Morgan fingerprint density at radius 2 is 2.58 bits per heavy atom. The van der Waals surface area contributed by atoms with Crippen molar-refractivity contribution in [3.63, 3.8) is 0 Å². The van der Waals surface area contributed by atoms with Crippen LogP contribution in [0.15, 0.2) is 17.5 Å². The van der Waals surface area contributed by atoms with Crippen LogP contribution < -0.4 is 0 Å². The van der Waals surface area contributed by atoms with Crippen LogP contribution >= 0.6 is 11.3 Å². The summed E-state index contributed by atoms with van der Waals surface area (Å²) in [4.78, 5) is 11.5. The van der Waals surface area contributed by atoms with Crippen molar-refractivity contribution in [1.82, 2.24) is 0 Å². The van der Waals surface area contributed by atoms with Crippen molar-refractivity contribution in [1.29, 1.82) is 0 Å². The number of carboxylic acids is 1. The van der Waals surface area contributed by atoms with Crippen molar-refractivity contribution < 1.29 is 14.6 Å². The monoisotopic (exact) mass is 184 g/mol.